The molecule has 7 heteroatoms. The van der Waals surface area contributed by atoms with Crippen LogP contribution in [0.3, 0.4) is 0 Å². The standard InChI is InChI=1S/C12H7F3N4/c13-12(14,15)10-6-9(8-4-2-1-3-5-8)19-11(18-10)16-7-17-19/h1-7H. The predicted octanol–water partition coefficient (Wildman–Crippen LogP) is 2.81. The first-order valence-corrected chi connectivity index (χ1v) is 5.39. The van der Waals surface area contributed by atoms with E-state index in [4.69, 9.17) is 0 Å². The Morgan fingerprint density at radius 1 is 1.05 bits per heavy atom. The van der Waals surface area contributed by atoms with E-state index in [9.17, 15) is 13.2 Å². The summed E-state index contributed by atoms with van der Waals surface area (Å²) in [7, 11) is 0. The lowest BCUT2D eigenvalue weighted by molar-refractivity contribution is -0.141. The van der Waals surface area contributed by atoms with E-state index < -0.39 is 11.9 Å². The van der Waals surface area contributed by atoms with E-state index in [1.165, 1.54) is 10.8 Å². The summed E-state index contributed by atoms with van der Waals surface area (Å²) in [5.74, 6) is -0.0753. The van der Waals surface area contributed by atoms with Crippen molar-refractivity contribution < 1.29 is 13.2 Å². The molecule has 0 aliphatic rings. The number of nitrogens with zero attached hydrogens (tertiary/aromatic N) is 4. The van der Waals surface area contributed by atoms with E-state index in [1.54, 1.807) is 30.3 Å². The lowest BCUT2D eigenvalue weighted by Crippen LogP contribution is -2.11. The van der Waals surface area contributed by atoms with Crippen LogP contribution < -0.4 is 0 Å². The summed E-state index contributed by atoms with van der Waals surface area (Å²) in [4.78, 5) is 7.18. The molecule has 0 aliphatic carbocycles. The van der Waals surface area contributed by atoms with Gasteiger partial charge < -0.3 is 0 Å². The van der Waals surface area contributed by atoms with Gasteiger partial charge in [-0.3, -0.25) is 0 Å². The smallest absolute Gasteiger partial charge is 0.206 e. The van der Waals surface area contributed by atoms with Crippen molar-refractivity contribution in [2.45, 2.75) is 6.18 Å². The molecular weight excluding hydrogens is 257 g/mol. The molecular formula is C12H7F3N4. The molecule has 0 saturated carbocycles. The average molecular weight is 264 g/mol. The molecule has 0 atom stereocenters. The monoisotopic (exact) mass is 264 g/mol. The number of alkyl halides is 3. The molecule has 3 aromatic rings. The zero-order valence-corrected chi connectivity index (χ0v) is 9.46. The molecule has 0 N–H and O–H groups in total. The highest BCUT2D eigenvalue weighted by Gasteiger charge is 2.34. The molecule has 0 radical (unpaired) electrons. The quantitative estimate of drug-likeness (QED) is 0.678. The largest absolute Gasteiger partial charge is 0.433 e. The highest BCUT2D eigenvalue weighted by molar-refractivity contribution is 5.62. The van der Waals surface area contributed by atoms with Crippen LogP contribution in [-0.4, -0.2) is 19.6 Å². The van der Waals surface area contributed by atoms with Gasteiger partial charge in [0.1, 0.15) is 6.33 Å². The number of rotatable bonds is 1. The van der Waals surface area contributed by atoms with Crippen molar-refractivity contribution in [1.29, 1.82) is 0 Å². The van der Waals surface area contributed by atoms with Crippen LogP contribution in [0.25, 0.3) is 17.0 Å². The van der Waals surface area contributed by atoms with Crippen LogP contribution >= 0.6 is 0 Å². The number of hydrogen-bond acceptors (Lipinski definition) is 3. The van der Waals surface area contributed by atoms with Gasteiger partial charge >= 0.3 is 6.18 Å². The maximum atomic E-state index is 12.8. The minimum atomic E-state index is -4.52. The van der Waals surface area contributed by atoms with E-state index in [0.29, 0.717) is 11.3 Å². The van der Waals surface area contributed by atoms with Gasteiger partial charge in [0.25, 0.3) is 5.78 Å². The lowest BCUT2D eigenvalue weighted by Gasteiger charge is -2.09. The summed E-state index contributed by atoms with van der Waals surface area (Å²) in [6, 6.07) is 9.65. The van der Waals surface area contributed by atoms with Crippen LogP contribution in [-0.2, 0) is 6.18 Å². The molecule has 2 heterocycles. The van der Waals surface area contributed by atoms with Gasteiger partial charge in [-0.1, -0.05) is 30.3 Å². The second-order valence-corrected chi connectivity index (χ2v) is 3.86. The number of hydrogen-bond donors (Lipinski definition) is 0. The Labute approximate surface area is 105 Å². The highest BCUT2D eigenvalue weighted by Crippen LogP contribution is 2.30. The van der Waals surface area contributed by atoms with Crippen molar-refractivity contribution in [1.82, 2.24) is 19.6 Å². The molecule has 4 nitrogen and oxygen atoms in total. The van der Waals surface area contributed by atoms with Gasteiger partial charge in [0.2, 0.25) is 0 Å². The predicted molar refractivity (Wildman–Crippen MR) is 61.2 cm³/mol. The third-order valence-electron chi connectivity index (χ3n) is 2.61. The molecule has 0 saturated heterocycles. The van der Waals surface area contributed by atoms with Crippen LogP contribution in [0.5, 0.6) is 0 Å². The van der Waals surface area contributed by atoms with Crippen LogP contribution in [0.2, 0.25) is 0 Å². The lowest BCUT2D eigenvalue weighted by atomic mass is 10.1. The first-order chi connectivity index (χ1) is 9.05. The summed E-state index contributed by atoms with van der Waals surface area (Å²) in [5, 5.41) is 3.89. The number of fused-ring (bicyclic) bond motifs is 1. The second kappa shape index (κ2) is 4.04. The van der Waals surface area contributed by atoms with E-state index in [-0.39, 0.29) is 5.78 Å². The summed E-state index contributed by atoms with van der Waals surface area (Å²) >= 11 is 0. The molecule has 0 amide bonds. The second-order valence-electron chi connectivity index (χ2n) is 3.86. The normalized spacial score (nSPS) is 11.9. The zero-order valence-electron chi connectivity index (χ0n) is 9.46. The highest BCUT2D eigenvalue weighted by atomic mass is 19.4. The number of benzene rings is 1. The Morgan fingerprint density at radius 2 is 1.79 bits per heavy atom. The molecule has 96 valence electrons. The third-order valence-corrected chi connectivity index (χ3v) is 2.61. The fraction of sp³-hybridized carbons (Fsp3) is 0.0833. The molecule has 3 rings (SSSR count). The fourth-order valence-corrected chi connectivity index (χ4v) is 1.77. The van der Waals surface area contributed by atoms with Gasteiger partial charge in [-0.2, -0.15) is 27.8 Å². The molecule has 0 unspecified atom stereocenters. The first kappa shape index (κ1) is 11.6. The molecule has 0 aliphatic heterocycles. The Hall–Kier alpha value is -2.44. The van der Waals surface area contributed by atoms with E-state index in [0.717, 1.165) is 6.07 Å². The van der Waals surface area contributed by atoms with Crippen molar-refractivity contribution in [2.24, 2.45) is 0 Å². The maximum Gasteiger partial charge on any atom is 0.433 e. The van der Waals surface area contributed by atoms with Gasteiger partial charge in [0.05, 0.1) is 5.69 Å². The van der Waals surface area contributed by atoms with Gasteiger partial charge in [0, 0.05) is 5.56 Å². The Morgan fingerprint density at radius 3 is 2.47 bits per heavy atom. The van der Waals surface area contributed by atoms with Crippen LogP contribution in [0, 0.1) is 0 Å². The molecule has 1 aromatic carbocycles. The van der Waals surface area contributed by atoms with Crippen molar-refractivity contribution in [2.75, 3.05) is 0 Å². The minimum absolute atomic E-state index is 0.0753. The molecule has 2 aromatic heterocycles. The summed E-state index contributed by atoms with van der Waals surface area (Å²) < 4.78 is 39.7. The van der Waals surface area contributed by atoms with E-state index in [2.05, 4.69) is 15.1 Å². The molecule has 0 bridgehead atoms. The number of aromatic nitrogens is 4. The topological polar surface area (TPSA) is 43.1 Å². The number of halogens is 3. The Bertz CT molecular complexity index is 719. The Kier molecular flexibility index (Phi) is 2.48. The molecule has 0 fully saturated rings. The van der Waals surface area contributed by atoms with Crippen LogP contribution in [0.4, 0.5) is 13.2 Å². The van der Waals surface area contributed by atoms with Crippen molar-refractivity contribution in [3.8, 4) is 11.3 Å². The third kappa shape index (κ3) is 2.03. The van der Waals surface area contributed by atoms with Crippen LogP contribution in [0.1, 0.15) is 5.69 Å². The van der Waals surface area contributed by atoms with Crippen molar-refractivity contribution >= 4 is 5.78 Å². The summed E-state index contributed by atoms with van der Waals surface area (Å²) in [5.41, 5.74) is -0.0619. The van der Waals surface area contributed by atoms with Crippen molar-refractivity contribution in [3.05, 3.63) is 48.4 Å². The summed E-state index contributed by atoms with van der Waals surface area (Å²) in [6.07, 6.45) is -3.34. The van der Waals surface area contributed by atoms with Gasteiger partial charge in [-0.25, -0.2) is 4.98 Å². The first-order valence-electron chi connectivity index (χ1n) is 5.39. The van der Waals surface area contributed by atoms with Crippen LogP contribution in [0.15, 0.2) is 42.7 Å². The maximum absolute atomic E-state index is 12.8. The Balaban J connectivity index is 2.31. The average Bonchev–Trinajstić information content (AvgIpc) is 2.85. The van der Waals surface area contributed by atoms with Gasteiger partial charge in [-0.15, -0.1) is 0 Å². The molecule has 0 spiro atoms. The van der Waals surface area contributed by atoms with E-state index >= 15 is 0 Å². The van der Waals surface area contributed by atoms with Gasteiger partial charge in [-0.05, 0) is 6.07 Å². The van der Waals surface area contributed by atoms with E-state index in [1.807, 2.05) is 0 Å². The zero-order chi connectivity index (χ0) is 13.5. The molecule has 19 heavy (non-hydrogen) atoms. The minimum Gasteiger partial charge on any atom is -0.206 e. The fourth-order valence-electron chi connectivity index (χ4n) is 1.77. The summed E-state index contributed by atoms with van der Waals surface area (Å²) in [6.45, 7) is 0. The van der Waals surface area contributed by atoms with Gasteiger partial charge in [0.15, 0.2) is 5.69 Å². The SMILES string of the molecule is FC(F)(F)c1cc(-c2ccccc2)n2ncnc2n1. The van der Waals surface area contributed by atoms with Crippen molar-refractivity contribution in [3.63, 3.8) is 0 Å².